The van der Waals surface area contributed by atoms with Crippen LogP contribution in [0.1, 0.15) is 26.7 Å². The first-order chi connectivity index (χ1) is 7.44. The molecule has 3 N–H and O–H groups in total. The Kier molecular flexibility index (Phi) is 4.29. The highest BCUT2D eigenvalue weighted by atomic mass is 16.4. The fourth-order valence-corrected chi connectivity index (χ4v) is 1.86. The predicted octanol–water partition coefficient (Wildman–Crippen LogP) is 0.213. The number of rotatable bonds is 5. The standard InChI is InChI=1S/C11H20N2O3/c1-8(5-9(14)15)6-13-10(16)11(2)3-4-12-7-11/h8,12H,3-7H2,1-2H3,(H,13,16)(H,14,15). The van der Waals surface area contributed by atoms with Crippen LogP contribution >= 0.6 is 0 Å². The van der Waals surface area contributed by atoms with Crippen molar-refractivity contribution in [2.24, 2.45) is 11.3 Å². The molecule has 0 saturated carbocycles. The van der Waals surface area contributed by atoms with E-state index >= 15 is 0 Å². The number of nitrogens with one attached hydrogen (secondary N) is 2. The van der Waals surface area contributed by atoms with Crippen LogP contribution in [0.4, 0.5) is 0 Å². The van der Waals surface area contributed by atoms with E-state index in [-0.39, 0.29) is 23.7 Å². The molecule has 1 aliphatic heterocycles. The van der Waals surface area contributed by atoms with Gasteiger partial charge in [0.15, 0.2) is 0 Å². The molecule has 0 aromatic heterocycles. The molecule has 92 valence electrons. The minimum atomic E-state index is -0.824. The van der Waals surface area contributed by atoms with Gasteiger partial charge >= 0.3 is 5.97 Å². The highest BCUT2D eigenvalue weighted by molar-refractivity contribution is 5.82. The van der Waals surface area contributed by atoms with Gasteiger partial charge in [0.1, 0.15) is 0 Å². The van der Waals surface area contributed by atoms with Crippen molar-refractivity contribution in [1.29, 1.82) is 0 Å². The van der Waals surface area contributed by atoms with Gasteiger partial charge in [-0.05, 0) is 25.8 Å². The van der Waals surface area contributed by atoms with Gasteiger partial charge in [0, 0.05) is 19.5 Å². The van der Waals surface area contributed by atoms with Crippen LogP contribution in [0.5, 0.6) is 0 Å². The van der Waals surface area contributed by atoms with E-state index < -0.39 is 5.97 Å². The minimum absolute atomic E-state index is 0.0229. The molecule has 16 heavy (non-hydrogen) atoms. The van der Waals surface area contributed by atoms with E-state index in [1.165, 1.54) is 0 Å². The smallest absolute Gasteiger partial charge is 0.303 e. The van der Waals surface area contributed by atoms with Gasteiger partial charge in [0.05, 0.1) is 5.41 Å². The number of hydrogen-bond acceptors (Lipinski definition) is 3. The summed E-state index contributed by atoms with van der Waals surface area (Å²) in [5.41, 5.74) is -0.330. The monoisotopic (exact) mass is 228 g/mol. The molecule has 1 saturated heterocycles. The van der Waals surface area contributed by atoms with E-state index in [1.54, 1.807) is 0 Å². The molecule has 1 amide bonds. The zero-order chi connectivity index (χ0) is 12.2. The maximum Gasteiger partial charge on any atom is 0.303 e. The molecule has 0 spiro atoms. The first kappa shape index (κ1) is 13.0. The van der Waals surface area contributed by atoms with Gasteiger partial charge in [0.25, 0.3) is 0 Å². The van der Waals surface area contributed by atoms with Gasteiger partial charge < -0.3 is 15.7 Å². The van der Waals surface area contributed by atoms with E-state index in [2.05, 4.69) is 10.6 Å². The Labute approximate surface area is 95.6 Å². The van der Waals surface area contributed by atoms with Crippen molar-refractivity contribution < 1.29 is 14.7 Å². The number of carbonyl (C=O) groups is 2. The van der Waals surface area contributed by atoms with Gasteiger partial charge in [-0.2, -0.15) is 0 Å². The third-order valence-corrected chi connectivity index (χ3v) is 3.05. The molecule has 2 unspecified atom stereocenters. The van der Waals surface area contributed by atoms with Crippen LogP contribution in [0.3, 0.4) is 0 Å². The van der Waals surface area contributed by atoms with Crippen LogP contribution in [0.15, 0.2) is 0 Å². The number of carboxylic acids is 1. The van der Waals surface area contributed by atoms with E-state index in [1.807, 2.05) is 13.8 Å². The maximum absolute atomic E-state index is 11.9. The summed E-state index contributed by atoms with van der Waals surface area (Å²) >= 11 is 0. The first-order valence-corrected chi connectivity index (χ1v) is 5.65. The summed E-state index contributed by atoms with van der Waals surface area (Å²) in [5, 5.41) is 14.6. The van der Waals surface area contributed by atoms with E-state index in [4.69, 9.17) is 5.11 Å². The molecule has 1 aliphatic rings. The summed E-state index contributed by atoms with van der Waals surface area (Å²) in [6.45, 7) is 5.76. The third-order valence-electron chi connectivity index (χ3n) is 3.05. The molecule has 0 aromatic carbocycles. The van der Waals surface area contributed by atoms with Crippen LogP contribution < -0.4 is 10.6 Å². The minimum Gasteiger partial charge on any atom is -0.481 e. The van der Waals surface area contributed by atoms with Gasteiger partial charge in [-0.1, -0.05) is 6.92 Å². The molecule has 2 atom stereocenters. The van der Waals surface area contributed by atoms with Crippen LogP contribution in [0, 0.1) is 11.3 Å². The zero-order valence-electron chi connectivity index (χ0n) is 9.88. The first-order valence-electron chi connectivity index (χ1n) is 5.65. The Morgan fingerprint density at radius 3 is 2.75 bits per heavy atom. The SMILES string of the molecule is CC(CNC(=O)C1(C)CCNC1)CC(=O)O. The molecular formula is C11H20N2O3. The molecular weight excluding hydrogens is 208 g/mol. The van der Waals surface area contributed by atoms with Crippen molar-refractivity contribution >= 4 is 11.9 Å². The van der Waals surface area contributed by atoms with Crippen LogP contribution in [0.2, 0.25) is 0 Å². The molecule has 1 heterocycles. The summed E-state index contributed by atoms with van der Waals surface area (Å²) in [4.78, 5) is 22.3. The molecule has 0 radical (unpaired) electrons. The molecule has 1 rings (SSSR count). The summed E-state index contributed by atoms with van der Waals surface area (Å²) in [7, 11) is 0. The number of amides is 1. The van der Waals surface area contributed by atoms with Crippen LogP contribution in [-0.4, -0.2) is 36.6 Å². The number of aliphatic carboxylic acids is 1. The highest BCUT2D eigenvalue weighted by Gasteiger charge is 2.36. The second-order valence-corrected chi connectivity index (χ2v) is 4.90. The molecule has 1 fully saturated rings. The molecule has 5 heteroatoms. The summed E-state index contributed by atoms with van der Waals surface area (Å²) < 4.78 is 0. The molecule has 0 aliphatic carbocycles. The summed E-state index contributed by atoms with van der Waals surface area (Å²) in [5.74, 6) is -0.829. The van der Waals surface area contributed by atoms with Crippen molar-refractivity contribution in [3.05, 3.63) is 0 Å². The lowest BCUT2D eigenvalue weighted by Crippen LogP contribution is -2.42. The molecule has 5 nitrogen and oxygen atoms in total. The van der Waals surface area contributed by atoms with Crippen molar-refractivity contribution in [3.8, 4) is 0 Å². The molecule has 0 aromatic rings. The normalized spacial score (nSPS) is 26.4. The number of carbonyl (C=O) groups excluding carboxylic acids is 1. The van der Waals surface area contributed by atoms with Crippen molar-refractivity contribution in [3.63, 3.8) is 0 Å². The Morgan fingerprint density at radius 1 is 1.56 bits per heavy atom. The Balaban J connectivity index is 2.32. The quantitative estimate of drug-likeness (QED) is 0.628. The van der Waals surface area contributed by atoms with E-state index in [0.717, 1.165) is 13.0 Å². The van der Waals surface area contributed by atoms with Crippen LogP contribution in [-0.2, 0) is 9.59 Å². The Bertz CT molecular complexity index is 272. The number of carboxylic acid groups (broad SMARTS) is 1. The average Bonchev–Trinajstić information content (AvgIpc) is 2.62. The van der Waals surface area contributed by atoms with E-state index in [9.17, 15) is 9.59 Å². The lowest BCUT2D eigenvalue weighted by Gasteiger charge is -2.22. The summed E-state index contributed by atoms with van der Waals surface area (Å²) in [6, 6.07) is 0. The second-order valence-electron chi connectivity index (χ2n) is 4.90. The maximum atomic E-state index is 11.9. The Morgan fingerprint density at radius 2 is 2.25 bits per heavy atom. The zero-order valence-corrected chi connectivity index (χ0v) is 9.88. The lowest BCUT2D eigenvalue weighted by atomic mass is 9.88. The van der Waals surface area contributed by atoms with Crippen LogP contribution in [0.25, 0.3) is 0 Å². The van der Waals surface area contributed by atoms with Gasteiger partial charge in [0.2, 0.25) is 5.91 Å². The van der Waals surface area contributed by atoms with Crippen molar-refractivity contribution in [1.82, 2.24) is 10.6 Å². The van der Waals surface area contributed by atoms with Gasteiger partial charge in [-0.3, -0.25) is 9.59 Å². The van der Waals surface area contributed by atoms with Crippen molar-refractivity contribution in [2.45, 2.75) is 26.7 Å². The molecule has 0 bridgehead atoms. The fraction of sp³-hybridized carbons (Fsp3) is 0.818. The van der Waals surface area contributed by atoms with Crippen molar-refractivity contribution in [2.75, 3.05) is 19.6 Å². The summed E-state index contributed by atoms with van der Waals surface area (Å²) in [6.07, 6.45) is 0.932. The fourth-order valence-electron chi connectivity index (χ4n) is 1.86. The third kappa shape index (κ3) is 3.48. The van der Waals surface area contributed by atoms with Gasteiger partial charge in [-0.15, -0.1) is 0 Å². The van der Waals surface area contributed by atoms with Gasteiger partial charge in [-0.25, -0.2) is 0 Å². The van der Waals surface area contributed by atoms with E-state index in [0.29, 0.717) is 13.1 Å². The topological polar surface area (TPSA) is 78.4 Å². The average molecular weight is 228 g/mol. The lowest BCUT2D eigenvalue weighted by molar-refractivity contribution is -0.138. The Hall–Kier alpha value is -1.10. The second kappa shape index (κ2) is 5.30. The highest BCUT2D eigenvalue weighted by Crippen LogP contribution is 2.24. The largest absolute Gasteiger partial charge is 0.481 e. The predicted molar refractivity (Wildman–Crippen MR) is 60.0 cm³/mol. The number of hydrogen-bond donors (Lipinski definition) is 3.